The van der Waals surface area contributed by atoms with Gasteiger partial charge >= 0.3 is 7.82 Å². The Morgan fingerprint density at radius 1 is 0.789 bits per heavy atom. The van der Waals surface area contributed by atoms with Gasteiger partial charge in [0.1, 0.15) is 11.5 Å². The van der Waals surface area contributed by atoms with Crippen LogP contribution in [0.4, 0.5) is 0 Å². The zero-order chi connectivity index (χ0) is 13.6. The Bertz CT molecular complexity index is 503. The zero-order valence-corrected chi connectivity index (χ0v) is 10.7. The van der Waals surface area contributed by atoms with Crippen LogP contribution in [0.25, 0.3) is 0 Å². The number of phosphoric ester groups is 1. The second-order valence-corrected chi connectivity index (χ2v) is 4.84. The van der Waals surface area contributed by atoms with Crippen LogP contribution < -0.4 is 14.9 Å². The number of para-hydroxylation sites is 2. The van der Waals surface area contributed by atoms with Crippen molar-refractivity contribution in [3.8, 4) is 11.5 Å². The second kappa shape index (κ2) is 6.36. The van der Waals surface area contributed by atoms with Gasteiger partial charge in [-0.3, -0.25) is 0 Å². The molecule has 100 valence electrons. The molecule has 0 aromatic heterocycles. The third-order valence-corrected chi connectivity index (χ3v) is 3.19. The number of hydrogen-bond acceptors (Lipinski definition) is 6. The highest BCUT2D eigenvalue weighted by atomic mass is 31.2. The van der Waals surface area contributed by atoms with E-state index in [0.29, 0.717) is 11.5 Å². The van der Waals surface area contributed by atoms with Crippen LogP contribution >= 0.6 is 7.82 Å². The minimum atomic E-state index is -4.01. The van der Waals surface area contributed by atoms with E-state index in [4.69, 9.17) is 14.9 Å². The predicted octanol–water partition coefficient (Wildman–Crippen LogP) is 3.07. The fourth-order valence-corrected chi connectivity index (χ4v) is 2.29. The van der Waals surface area contributed by atoms with Crippen LogP contribution in [0, 0.1) is 0 Å². The summed E-state index contributed by atoms with van der Waals surface area (Å²) in [6.07, 6.45) is 0. The van der Waals surface area contributed by atoms with Gasteiger partial charge in [-0.25, -0.2) is 4.57 Å². The third kappa shape index (κ3) is 4.08. The van der Waals surface area contributed by atoms with Crippen LogP contribution in [0.15, 0.2) is 60.7 Å². The van der Waals surface area contributed by atoms with Crippen molar-refractivity contribution >= 4 is 7.82 Å². The predicted molar refractivity (Wildman–Crippen MR) is 68.1 cm³/mol. The molecule has 0 spiro atoms. The van der Waals surface area contributed by atoms with Crippen LogP contribution in [-0.2, 0) is 14.2 Å². The molecule has 0 fully saturated rings. The summed E-state index contributed by atoms with van der Waals surface area (Å²) < 4.78 is 27.0. The third-order valence-electron chi connectivity index (χ3n) is 2.06. The van der Waals surface area contributed by atoms with Crippen LogP contribution in [0.1, 0.15) is 0 Å². The van der Waals surface area contributed by atoms with Crippen LogP contribution in [-0.4, -0.2) is 0 Å². The lowest BCUT2D eigenvalue weighted by atomic mass is 10.3. The quantitative estimate of drug-likeness (QED) is 0.498. The highest BCUT2D eigenvalue weighted by Crippen LogP contribution is 2.49. The molecule has 2 aromatic carbocycles. The summed E-state index contributed by atoms with van der Waals surface area (Å²) in [5, 5.41) is 0. The molecule has 2 rings (SSSR count). The van der Waals surface area contributed by atoms with Crippen molar-refractivity contribution < 1.29 is 23.3 Å². The van der Waals surface area contributed by atoms with Crippen molar-refractivity contribution in [2.24, 2.45) is 5.90 Å². The van der Waals surface area contributed by atoms with Gasteiger partial charge in [-0.2, -0.15) is 5.90 Å². The van der Waals surface area contributed by atoms with Crippen molar-refractivity contribution in [3.63, 3.8) is 0 Å². The van der Waals surface area contributed by atoms with Crippen molar-refractivity contribution in [1.29, 1.82) is 0 Å². The zero-order valence-electron chi connectivity index (χ0n) is 9.84. The molecule has 0 bridgehead atoms. The summed E-state index contributed by atoms with van der Waals surface area (Å²) in [5.74, 6) is 5.38. The van der Waals surface area contributed by atoms with Gasteiger partial charge in [0.25, 0.3) is 0 Å². The van der Waals surface area contributed by atoms with Crippen molar-refractivity contribution in [1.82, 2.24) is 0 Å². The van der Waals surface area contributed by atoms with Gasteiger partial charge in [0.05, 0.1) is 0 Å². The number of rotatable bonds is 6. The molecule has 0 radical (unpaired) electrons. The molecule has 0 aliphatic carbocycles. The largest absolute Gasteiger partial charge is 0.617 e. The Morgan fingerprint density at radius 3 is 1.58 bits per heavy atom. The van der Waals surface area contributed by atoms with Gasteiger partial charge in [-0.15, -0.1) is 4.99 Å². The summed E-state index contributed by atoms with van der Waals surface area (Å²) in [6.45, 7) is 0. The number of benzene rings is 2. The number of nitrogens with two attached hydrogens (primary N) is 1. The molecule has 0 amide bonds. The molecule has 0 aliphatic heterocycles. The first-order chi connectivity index (χ1) is 9.22. The molecule has 19 heavy (non-hydrogen) atoms. The Kier molecular flexibility index (Phi) is 4.54. The normalized spacial score (nSPS) is 11.0. The van der Waals surface area contributed by atoms with Crippen molar-refractivity contribution in [3.05, 3.63) is 60.7 Å². The Labute approximate surface area is 110 Å². The van der Waals surface area contributed by atoms with E-state index in [-0.39, 0.29) is 0 Å². The van der Waals surface area contributed by atoms with E-state index in [1.54, 1.807) is 60.7 Å². The molecule has 2 N–H and O–H groups in total. The molecule has 0 aliphatic rings. The van der Waals surface area contributed by atoms with Crippen molar-refractivity contribution in [2.45, 2.75) is 0 Å². The SMILES string of the molecule is NOOP(=O)(Oc1ccccc1)Oc1ccccc1. The Balaban J connectivity index is 2.16. The lowest BCUT2D eigenvalue weighted by Crippen LogP contribution is -2.08. The minimum Gasteiger partial charge on any atom is -0.394 e. The average Bonchev–Trinajstić information content (AvgIpc) is 2.41. The molecule has 0 unspecified atom stereocenters. The van der Waals surface area contributed by atoms with Gasteiger partial charge in [0, 0.05) is 0 Å². The van der Waals surface area contributed by atoms with Gasteiger partial charge in [0.2, 0.25) is 0 Å². The summed E-state index contributed by atoms with van der Waals surface area (Å²) in [4.78, 5) is 3.94. The maximum absolute atomic E-state index is 12.3. The molecule has 2 aromatic rings. The molecule has 7 heteroatoms. The first-order valence-electron chi connectivity index (χ1n) is 5.36. The van der Waals surface area contributed by atoms with E-state index >= 15 is 0 Å². The maximum atomic E-state index is 12.3. The molecular formula is C12H12NO5P. The summed E-state index contributed by atoms with van der Waals surface area (Å²) in [5.41, 5.74) is 0. The fourth-order valence-electron chi connectivity index (χ4n) is 1.32. The average molecular weight is 281 g/mol. The van der Waals surface area contributed by atoms with Gasteiger partial charge < -0.3 is 9.05 Å². The highest BCUT2D eigenvalue weighted by molar-refractivity contribution is 7.49. The standard InChI is InChI=1S/C12H12NO5P/c13-17-18-19(14,15-11-7-3-1-4-8-11)16-12-9-5-2-6-10-12/h1-10H,13H2. The minimum absolute atomic E-state index is 0.304. The Morgan fingerprint density at radius 2 is 1.21 bits per heavy atom. The molecule has 0 saturated heterocycles. The van der Waals surface area contributed by atoms with Gasteiger partial charge in [0.15, 0.2) is 0 Å². The molecule has 0 heterocycles. The molecule has 0 saturated carbocycles. The smallest absolute Gasteiger partial charge is 0.394 e. The first-order valence-corrected chi connectivity index (χ1v) is 6.82. The van der Waals surface area contributed by atoms with Crippen LogP contribution in [0.2, 0.25) is 0 Å². The fraction of sp³-hybridized carbons (Fsp3) is 0. The second-order valence-electron chi connectivity index (χ2n) is 3.43. The number of hydrogen-bond donors (Lipinski definition) is 1. The number of phosphoric acid groups is 1. The maximum Gasteiger partial charge on any atom is 0.617 e. The first kappa shape index (κ1) is 13.6. The van der Waals surface area contributed by atoms with E-state index in [2.05, 4.69) is 9.66 Å². The van der Waals surface area contributed by atoms with Crippen LogP contribution in [0.3, 0.4) is 0 Å². The van der Waals surface area contributed by atoms with E-state index < -0.39 is 7.82 Å². The topological polar surface area (TPSA) is 80.0 Å². The Hall–Kier alpha value is -1.85. The van der Waals surface area contributed by atoms with E-state index in [9.17, 15) is 4.57 Å². The summed E-state index contributed by atoms with van der Waals surface area (Å²) >= 11 is 0. The van der Waals surface area contributed by atoms with E-state index in [1.165, 1.54) is 0 Å². The molecule has 0 atom stereocenters. The van der Waals surface area contributed by atoms with Crippen LogP contribution in [0.5, 0.6) is 11.5 Å². The lowest BCUT2D eigenvalue weighted by molar-refractivity contribution is -0.224. The highest BCUT2D eigenvalue weighted by Gasteiger charge is 2.32. The van der Waals surface area contributed by atoms with Gasteiger partial charge in [-0.1, -0.05) is 41.1 Å². The monoisotopic (exact) mass is 281 g/mol. The van der Waals surface area contributed by atoms with Gasteiger partial charge in [-0.05, 0) is 24.3 Å². The summed E-state index contributed by atoms with van der Waals surface area (Å²) in [7, 11) is -4.01. The van der Waals surface area contributed by atoms with E-state index in [0.717, 1.165) is 0 Å². The molecule has 6 nitrogen and oxygen atoms in total. The molecular weight excluding hydrogens is 269 g/mol. The lowest BCUT2D eigenvalue weighted by Gasteiger charge is -2.16. The summed E-state index contributed by atoms with van der Waals surface area (Å²) in [6, 6.07) is 16.8. The van der Waals surface area contributed by atoms with E-state index in [1.807, 2.05) is 0 Å². The van der Waals surface area contributed by atoms with Crippen molar-refractivity contribution in [2.75, 3.05) is 0 Å².